The summed E-state index contributed by atoms with van der Waals surface area (Å²) < 4.78 is 13.2. The molecule has 110 valence electrons. The number of hydrogen-bond acceptors (Lipinski definition) is 4. The first kappa shape index (κ1) is 13.8. The molecule has 1 aromatic heterocycles. The topological polar surface area (TPSA) is 49.8 Å². The highest BCUT2D eigenvalue weighted by molar-refractivity contribution is 5.66. The third kappa shape index (κ3) is 2.82. The fourth-order valence-corrected chi connectivity index (χ4v) is 2.32. The summed E-state index contributed by atoms with van der Waals surface area (Å²) in [5.41, 5.74) is 2.68. The average Bonchev–Trinajstić information content (AvgIpc) is 3.28. The summed E-state index contributed by atoms with van der Waals surface area (Å²) in [6.07, 6.45) is 2.31. The largest absolute Gasteiger partial charge is 0.373 e. The second kappa shape index (κ2) is 5.31. The van der Waals surface area contributed by atoms with Gasteiger partial charge in [-0.3, -0.25) is 0 Å². The number of nitrogens with zero attached hydrogens (tertiary/aromatic N) is 2. The summed E-state index contributed by atoms with van der Waals surface area (Å²) in [7, 11) is 1.86. The molecule has 0 atom stereocenters. The van der Waals surface area contributed by atoms with Gasteiger partial charge in [0.15, 0.2) is 0 Å². The highest BCUT2D eigenvalue weighted by Crippen LogP contribution is 2.40. The van der Waals surface area contributed by atoms with Crippen molar-refractivity contribution in [2.75, 3.05) is 17.7 Å². The SMILES string of the molecule is CNc1nc(C2CC2)nc(Nc2ccc(F)cc2C)c1C. The quantitative estimate of drug-likeness (QED) is 0.895. The fraction of sp³-hybridized carbons (Fsp3) is 0.375. The van der Waals surface area contributed by atoms with Gasteiger partial charge in [-0.2, -0.15) is 0 Å². The van der Waals surface area contributed by atoms with E-state index in [-0.39, 0.29) is 5.82 Å². The van der Waals surface area contributed by atoms with Crippen molar-refractivity contribution in [3.63, 3.8) is 0 Å². The van der Waals surface area contributed by atoms with Gasteiger partial charge in [0, 0.05) is 24.2 Å². The molecule has 0 bridgehead atoms. The van der Waals surface area contributed by atoms with E-state index in [4.69, 9.17) is 0 Å². The van der Waals surface area contributed by atoms with Crippen LogP contribution in [-0.4, -0.2) is 17.0 Å². The van der Waals surface area contributed by atoms with Crippen LogP contribution in [0.5, 0.6) is 0 Å². The van der Waals surface area contributed by atoms with Crippen LogP contribution < -0.4 is 10.6 Å². The molecular weight excluding hydrogens is 267 g/mol. The van der Waals surface area contributed by atoms with E-state index in [1.54, 1.807) is 6.07 Å². The highest BCUT2D eigenvalue weighted by atomic mass is 19.1. The lowest BCUT2D eigenvalue weighted by molar-refractivity contribution is 0.627. The standard InChI is InChI=1S/C16H19FN4/c1-9-8-12(17)6-7-13(9)19-15-10(2)14(18-3)20-16(21-15)11-4-5-11/h6-8,11H,4-5H2,1-3H3,(H2,18,19,20,21). The Balaban J connectivity index is 1.98. The number of halogens is 1. The van der Waals surface area contributed by atoms with Crippen molar-refractivity contribution >= 4 is 17.3 Å². The van der Waals surface area contributed by atoms with E-state index in [2.05, 4.69) is 20.6 Å². The van der Waals surface area contributed by atoms with Gasteiger partial charge < -0.3 is 10.6 Å². The maximum absolute atomic E-state index is 13.2. The molecule has 0 aliphatic heterocycles. The minimum absolute atomic E-state index is 0.230. The Morgan fingerprint density at radius 2 is 1.86 bits per heavy atom. The summed E-state index contributed by atoms with van der Waals surface area (Å²) in [5.74, 6) is 2.76. The summed E-state index contributed by atoms with van der Waals surface area (Å²) in [4.78, 5) is 9.22. The second-order valence-electron chi connectivity index (χ2n) is 5.51. The molecule has 21 heavy (non-hydrogen) atoms. The van der Waals surface area contributed by atoms with Gasteiger partial charge in [-0.25, -0.2) is 14.4 Å². The molecule has 0 amide bonds. The van der Waals surface area contributed by atoms with Crippen LogP contribution in [0.2, 0.25) is 0 Å². The monoisotopic (exact) mass is 286 g/mol. The third-order valence-electron chi connectivity index (χ3n) is 3.78. The van der Waals surface area contributed by atoms with Crippen LogP contribution in [0.25, 0.3) is 0 Å². The average molecular weight is 286 g/mol. The molecule has 4 nitrogen and oxygen atoms in total. The molecule has 1 saturated carbocycles. The normalized spacial score (nSPS) is 14.1. The number of nitrogens with one attached hydrogen (secondary N) is 2. The van der Waals surface area contributed by atoms with E-state index in [0.29, 0.717) is 5.92 Å². The molecule has 0 radical (unpaired) electrons. The Morgan fingerprint density at radius 1 is 1.14 bits per heavy atom. The summed E-state index contributed by atoms with van der Waals surface area (Å²) >= 11 is 0. The molecular formula is C16H19FN4. The van der Waals surface area contributed by atoms with Crippen molar-refractivity contribution in [1.29, 1.82) is 0 Å². The molecule has 0 saturated heterocycles. The van der Waals surface area contributed by atoms with Gasteiger partial charge in [0.05, 0.1) is 0 Å². The maximum Gasteiger partial charge on any atom is 0.139 e. The Labute approximate surface area is 123 Å². The van der Waals surface area contributed by atoms with Crippen LogP contribution in [0.3, 0.4) is 0 Å². The number of aromatic nitrogens is 2. The van der Waals surface area contributed by atoms with Crippen molar-refractivity contribution in [3.05, 3.63) is 41.0 Å². The maximum atomic E-state index is 13.2. The Hall–Kier alpha value is -2.17. The fourth-order valence-electron chi connectivity index (χ4n) is 2.32. The van der Waals surface area contributed by atoms with Crippen LogP contribution in [0.15, 0.2) is 18.2 Å². The van der Waals surface area contributed by atoms with Gasteiger partial charge in [-0.1, -0.05) is 0 Å². The predicted octanol–water partition coefficient (Wildman–Crippen LogP) is 3.90. The third-order valence-corrected chi connectivity index (χ3v) is 3.78. The first-order valence-corrected chi connectivity index (χ1v) is 7.18. The van der Waals surface area contributed by atoms with Gasteiger partial charge >= 0.3 is 0 Å². The van der Waals surface area contributed by atoms with E-state index in [1.165, 1.54) is 12.1 Å². The van der Waals surface area contributed by atoms with E-state index >= 15 is 0 Å². The lowest BCUT2D eigenvalue weighted by atomic mass is 10.2. The molecule has 0 spiro atoms. The summed E-state index contributed by atoms with van der Waals surface area (Å²) in [6, 6.07) is 4.70. The van der Waals surface area contributed by atoms with Crippen LogP contribution in [0.4, 0.5) is 21.7 Å². The Kier molecular flexibility index (Phi) is 3.49. The number of benzene rings is 1. The van der Waals surface area contributed by atoms with Gasteiger partial charge in [0.25, 0.3) is 0 Å². The second-order valence-corrected chi connectivity index (χ2v) is 5.51. The molecule has 1 aliphatic rings. The van der Waals surface area contributed by atoms with Crippen LogP contribution in [-0.2, 0) is 0 Å². The van der Waals surface area contributed by atoms with Gasteiger partial charge in [-0.05, 0) is 50.5 Å². The number of hydrogen-bond donors (Lipinski definition) is 2. The number of anilines is 3. The molecule has 2 aromatic rings. The van der Waals surface area contributed by atoms with Crippen molar-refractivity contribution in [2.45, 2.75) is 32.6 Å². The zero-order valence-electron chi connectivity index (χ0n) is 12.5. The van der Waals surface area contributed by atoms with E-state index in [0.717, 1.165) is 47.1 Å². The summed E-state index contributed by atoms with van der Waals surface area (Å²) in [5, 5.41) is 6.42. The minimum Gasteiger partial charge on any atom is -0.373 e. The molecule has 1 heterocycles. The first-order valence-electron chi connectivity index (χ1n) is 7.18. The molecule has 1 aromatic carbocycles. The van der Waals surface area contributed by atoms with E-state index in [9.17, 15) is 4.39 Å². The Morgan fingerprint density at radius 3 is 2.48 bits per heavy atom. The minimum atomic E-state index is -0.230. The lowest BCUT2D eigenvalue weighted by Gasteiger charge is -2.15. The van der Waals surface area contributed by atoms with Crippen LogP contribution in [0.1, 0.15) is 35.7 Å². The molecule has 1 fully saturated rings. The molecule has 3 rings (SSSR count). The predicted molar refractivity (Wildman–Crippen MR) is 82.7 cm³/mol. The number of rotatable bonds is 4. The lowest BCUT2D eigenvalue weighted by Crippen LogP contribution is -2.07. The summed E-state index contributed by atoms with van der Waals surface area (Å²) in [6.45, 7) is 3.85. The zero-order valence-corrected chi connectivity index (χ0v) is 12.5. The Bertz CT molecular complexity index is 680. The zero-order chi connectivity index (χ0) is 15.0. The van der Waals surface area contributed by atoms with Crippen LogP contribution >= 0.6 is 0 Å². The van der Waals surface area contributed by atoms with Gasteiger partial charge in [0.2, 0.25) is 0 Å². The highest BCUT2D eigenvalue weighted by Gasteiger charge is 2.28. The van der Waals surface area contributed by atoms with E-state index in [1.807, 2.05) is 20.9 Å². The van der Waals surface area contributed by atoms with Gasteiger partial charge in [0.1, 0.15) is 23.3 Å². The van der Waals surface area contributed by atoms with Crippen molar-refractivity contribution in [2.24, 2.45) is 0 Å². The number of aryl methyl sites for hydroxylation is 1. The first-order chi connectivity index (χ1) is 10.1. The van der Waals surface area contributed by atoms with Gasteiger partial charge in [-0.15, -0.1) is 0 Å². The smallest absolute Gasteiger partial charge is 0.139 e. The van der Waals surface area contributed by atoms with Crippen molar-refractivity contribution < 1.29 is 4.39 Å². The van der Waals surface area contributed by atoms with E-state index < -0.39 is 0 Å². The molecule has 0 unspecified atom stereocenters. The van der Waals surface area contributed by atoms with Crippen molar-refractivity contribution in [1.82, 2.24) is 9.97 Å². The van der Waals surface area contributed by atoms with Crippen molar-refractivity contribution in [3.8, 4) is 0 Å². The molecule has 1 aliphatic carbocycles. The molecule has 2 N–H and O–H groups in total. The molecule has 5 heteroatoms. The van der Waals surface area contributed by atoms with Crippen LogP contribution in [0, 0.1) is 19.7 Å².